The van der Waals surface area contributed by atoms with Crippen molar-refractivity contribution in [3.8, 4) is 16.9 Å². The van der Waals surface area contributed by atoms with E-state index in [1.165, 1.54) is 12.0 Å². The number of allylic oxidation sites excluding steroid dienone is 1. The van der Waals surface area contributed by atoms with Crippen LogP contribution in [0.1, 0.15) is 50.8 Å². The van der Waals surface area contributed by atoms with E-state index in [1.807, 2.05) is 31.9 Å². The molecule has 1 aromatic heterocycles. The molecule has 174 valence electrons. The molecule has 0 aliphatic carbocycles. The van der Waals surface area contributed by atoms with Crippen molar-refractivity contribution < 1.29 is 13.9 Å². The number of aryl methyl sites for hydroxylation is 2. The lowest BCUT2D eigenvalue weighted by molar-refractivity contribution is -0.128. The maximum atomic E-state index is 13.2. The summed E-state index contributed by atoms with van der Waals surface area (Å²) in [6.07, 6.45) is 4.78. The highest BCUT2D eigenvalue weighted by atomic mass is 16.5. The zero-order valence-corrected chi connectivity index (χ0v) is 20.7. The molecule has 4 nitrogen and oxygen atoms in total. The number of nitrogens with zero attached hydrogens (tertiary/aromatic N) is 1. The van der Waals surface area contributed by atoms with Crippen molar-refractivity contribution >= 4 is 22.4 Å². The average Bonchev–Trinajstić information content (AvgIpc) is 3.19. The maximum absolute atomic E-state index is 13.2. The number of rotatable bonds is 5. The van der Waals surface area contributed by atoms with Crippen LogP contribution in [-0.4, -0.2) is 30.5 Å². The highest BCUT2D eigenvalue weighted by molar-refractivity contribution is 6.01. The van der Waals surface area contributed by atoms with Crippen LogP contribution in [0.3, 0.4) is 0 Å². The number of piperidine rings is 1. The Morgan fingerprint density at radius 2 is 1.82 bits per heavy atom. The first-order valence-corrected chi connectivity index (χ1v) is 12.0. The van der Waals surface area contributed by atoms with Crippen LogP contribution >= 0.6 is 0 Å². The van der Waals surface area contributed by atoms with E-state index >= 15 is 0 Å². The van der Waals surface area contributed by atoms with E-state index in [0.717, 1.165) is 57.6 Å². The molecule has 0 bridgehead atoms. The Balaban J connectivity index is 1.78. The Morgan fingerprint density at radius 3 is 2.45 bits per heavy atom. The van der Waals surface area contributed by atoms with E-state index in [1.54, 1.807) is 6.08 Å². The van der Waals surface area contributed by atoms with Gasteiger partial charge in [-0.05, 0) is 63.2 Å². The van der Waals surface area contributed by atoms with E-state index in [4.69, 9.17) is 9.15 Å². The molecule has 2 aromatic carbocycles. The third kappa shape index (κ3) is 4.71. The van der Waals surface area contributed by atoms with Crippen LogP contribution in [-0.2, 0) is 4.79 Å². The third-order valence-electron chi connectivity index (χ3n) is 6.64. The van der Waals surface area contributed by atoms with Gasteiger partial charge < -0.3 is 14.1 Å². The first-order chi connectivity index (χ1) is 15.8. The summed E-state index contributed by atoms with van der Waals surface area (Å²) in [6.45, 7) is 14.7. The molecule has 1 fully saturated rings. The lowest BCUT2D eigenvalue weighted by Gasteiger charge is -2.34. The molecule has 0 N–H and O–H groups in total. The van der Waals surface area contributed by atoms with E-state index < -0.39 is 0 Å². The Bertz CT molecular complexity index is 1180. The van der Waals surface area contributed by atoms with Crippen molar-refractivity contribution in [1.29, 1.82) is 0 Å². The second-order valence-electron chi connectivity index (χ2n) is 9.72. The Hall–Kier alpha value is -3.01. The molecular formula is C29H35NO3. The fourth-order valence-corrected chi connectivity index (χ4v) is 5.09. The molecule has 1 amide bonds. The number of hydrogen-bond acceptors (Lipinski definition) is 3. The molecule has 2 atom stereocenters. The van der Waals surface area contributed by atoms with Gasteiger partial charge in [0.25, 0.3) is 0 Å². The van der Waals surface area contributed by atoms with Crippen molar-refractivity contribution in [2.24, 2.45) is 11.8 Å². The summed E-state index contributed by atoms with van der Waals surface area (Å²) in [5, 5.41) is 1.04. The number of amides is 1. The number of carbonyl (C=O) groups excluding carboxylic acids is 1. The molecule has 0 spiro atoms. The summed E-state index contributed by atoms with van der Waals surface area (Å²) >= 11 is 0. The molecule has 33 heavy (non-hydrogen) atoms. The lowest BCUT2D eigenvalue weighted by Crippen LogP contribution is -2.41. The number of hydrogen-bond donors (Lipinski definition) is 0. The van der Waals surface area contributed by atoms with Crippen LogP contribution in [0.5, 0.6) is 5.75 Å². The first-order valence-electron chi connectivity index (χ1n) is 12.0. The molecule has 1 aliphatic rings. The van der Waals surface area contributed by atoms with Crippen LogP contribution < -0.4 is 4.74 Å². The molecule has 1 saturated heterocycles. The Labute approximate surface area is 197 Å². The summed E-state index contributed by atoms with van der Waals surface area (Å²) in [7, 11) is 0. The van der Waals surface area contributed by atoms with Gasteiger partial charge in [-0.15, -0.1) is 0 Å². The summed E-state index contributed by atoms with van der Waals surface area (Å²) in [6, 6.07) is 10.6. The van der Waals surface area contributed by atoms with Gasteiger partial charge in [-0.1, -0.05) is 43.7 Å². The topological polar surface area (TPSA) is 42.7 Å². The molecule has 0 saturated carbocycles. The number of fused-ring (bicyclic) bond motifs is 1. The monoisotopic (exact) mass is 445 g/mol. The van der Waals surface area contributed by atoms with Crippen molar-refractivity contribution in [3.05, 3.63) is 59.4 Å². The molecule has 2 heterocycles. The van der Waals surface area contributed by atoms with Crippen LogP contribution in [0.4, 0.5) is 0 Å². The Morgan fingerprint density at radius 1 is 1.15 bits per heavy atom. The highest BCUT2D eigenvalue weighted by Crippen LogP contribution is 2.41. The van der Waals surface area contributed by atoms with Crippen LogP contribution in [0.2, 0.25) is 0 Å². The predicted molar refractivity (Wildman–Crippen MR) is 135 cm³/mol. The lowest BCUT2D eigenvalue weighted by atomic mass is 9.91. The quantitative estimate of drug-likeness (QED) is 0.396. The number of carbonyl (C=O) groups is 1. The van der Waals surface area contributed by atoms with Gasteiger partial charge in [-0.2, -0.15) is 0 Å². The number of benzene rings is 2. The molecule has 3 aromatic rings. The summed E-state index contributed by atoms with van der Waals surface area (Å²) in [4.78, 5) is 15.1. The molecule has 0 radical (unpaired) electrons. The molecule has 4 rings (SSSR count). The van der Waals surface area contributed by atoms with Crippen LogP contribution in [0, 0.1) is 25.7 Å². The molecule has 2 unspecified atom stereocenters. The number of furan rings is 1. The second kappa shape index (κ2) is 9.46. The fraction of sp³-hybridized carbons (Fsp3) is 0.414. The van der Waals surface area contributed by atoms with Crippen molar-refractivity contribution in [2.45, 2.75) is 48.0 Å². The summed E-state index contributed by atoms with van der Waals surface area (Å²) < 4.78 is 12.1. The first kappa shape index (κ1) is 23.2. The minimum atomic E-state index is 0.0806. The number of likely N-dealkylation sites (tertiary alicyclic amines) is 1. The van der Waals surface area contributed by atoms with Gasteiger partial charge in [0, 0.05) is 41.2 Å². The Kier molecular flexibility index (Phi) is 6.64. The molecule has 1 aliphatic heterocycles. The minimum Gasteiger partial charge on any atom is -0.493 e. The third-order valence-corrected chi connectivity index (χ3v) is 6.64. The van der Waals surface area contributed by atoms with Gasteiger partial charge in [0.1, 0.15) is 11.3 Å². The molecule has 4 heteroatoms. The second-order valence-corrected chi connectivity index (χ2v) is 9.72. The van der Waals surface area contributed by atoms with Gasteiger partial charge in [-0.3, -0.25) is 4.79 Å². The van der Waals surface area contributed by atoms with Gasteiger partial charge in [0.05, 0.1) is 12.9 Å². The zero-order chi connectivity index (χ0) is 23.7. The van der Waals surface area contributed by atoms with Crippen LogP contribution in [0.25, 0.3) is 27.7 Å². The molecular weight excluding hydrogens is 410 g/mol. The highest BCUT2D eigenvalue weighted by Gasteiger charge is 2.25. The SMILES string of the molecule is CCOc1c(/C(C)=C/C(=O)N2CC(C)CC(C)C2)cc2c(-c3ccc(C)cc3)coc2c1C. The van der Waals surface area contributed by atoms with E-state index in [9.17, 15) is 4.79 Å². The minimum absolute atomic E-state index is 0.0806. The van der Waals surface area contributed by atoms with Crippen molar-refractivity contribution in [3.63, 3.8) is 0 Å². The fourth-order valence-electron chi connectivity index (χ4n) is 5.09. The smallest absolute Gasteiger partial charge is 0.246 e. The average molecular weight is 446 g/mol. The normalized spacial score (nSPS) is 19.2. The van der Waals surface area contributed by atoms with E-state index in [-0.39, 0.29) is 5.91 Å². The number of ether oxygens (including phenoxy) is 1. The van der Waals surface area contributed by atoms with E-state index in [0.29, 0.717) is 18.4 Å². The predicted octanol–water partition coefficient (Wildman–Crippen LogP) is 7.02. The largest absolute Gasteiger partial charge is 0.493 e. The van der Waals surface area contributed by atoms with Crippen molar-refractivity contribution in [1.82, 2.24) is 4.90 Å². The summed E-state index contributed by atoms with van der Waals surface area (Å²) in [5.41, 5.74) is 7.04. The van der Waals surface area contributed by atoms with Gasteiger partial charge in [-0.25, -0.2) is 0 Å². The maximum Gasteiger partial charge on any atom is 0.246 e. The van der Waals surface area contributed by atoms with E-state index in [2.05, 4.69) is 51.1 Å². The standard InChI is InChI=1S/C29H35NO3/c1-7-32-28-22(6)29-25(26(17-33-29)23-10-8-18(2)9-11-23)14-24(28)21(5)13-27(31)30-15-19(3)12-20(4)16-30/h8-11,13-14,17,19-20H,7,12,15-16H2,1-6H3/b21-13+. The van der Waals surface area contributed by atoms with Gasteiger partial charge in [0.2, 0.25) is 5.91 Å². The zero-order valence-electron chi connectivity index (χ0n) is 20.7. The van der Waals surface area contributed by atoms with Gasteiger partial charge in [0.15, 0.2) is 0 Å². The van der Waals surface area contributed by atoms with Gasteiger partial charge >= 0.3 is 0 Å². The summed E-state index contributed by atoms with van der Waals surface area (Å²) in [5.74, 6) is 1.94. The van der Waals surface area contributed by atoms with Crippen molar-refractivity contribution in [2.75, 3.05) is 19.7 Å². The van der Waals surface area contributed by atoms with Crippen LogP contribution in [0.15, 0.2) is 47.1 Å².